The first-order chi connectivity index (χ1) is 9.66. The fourth-order valence-electron chi connectivity index (χ4n) is 2.79. The van der Waals surface area contributed by atoms with Crippen LogP contribution in [0.4, 0.5) is 0 Å². The van der Waals surface area contributed by atoms with Crippen molar-refractivity contribution < 1.29 is 4.79 Å². The van der Waals surface area contributed by atoms with Gasteiger partial charge >= 0.3 is 0 Å². The molecule has 0 aliphatic carbocycles. The molecule has 106 valence electrons. The van der Waals surface area contributed by atoms with Gasteiger partial charge in [-0.1, -0.05) is 0 Å². The zero-order chi connectivity index (χ0) is 14.1. The van der Waals surface area contributed by atoms with Gasteiger partial charge in [-0.2, -0.15) is 5.10 Å². The molecule has 2 N–H and O–H groups in total. The molecular formula is C14H19N5O. The summed E-state index contributed by atoms with van der Waals surface area (Å²) >= 11 is 0. The minimum Gasteiger partial charge on any atom is -0.365 e. The number of piperidine rings is 1. The lowest BCUT2D eigenvalue weighted by molar-refractivity contribution is 0.0600. The maximum absolute atomic E-state index is 12.7. The van der Waals surface area contributed by atoms with E-state index in [2.05, 4.69) is 20.2 Å². The Morgan fingerprint density at radius 2 is 2.25 bits per heavy atom. The number of carbonyl (C=O) groups is 1. The van der Waals surface area contributed by atoms with Crippen LogP contribution in [0.5, 0.6) is 0 Å². The van der Waals surface area contributed by atoms with Crippen molar-refractivity contribution in [2.75, 3.05) is 6.54 Å². The second-order valence-corrected chi connectivity index (χ2v) is 5.31. The number of rotatable bonds is 2. The summed E-state index contributed by atoms with van der Waals surface area (Å²) in [5.41, 5.74) is 1.65. The monoisotopic (exact) mass is 273 g/mol. The Morgan fingerprint density at radius 3 is 2.90 bits per heavy atom. The van der Waals surface area contributed by atoms with Gasteiger partial charge in [0, 0.05) is 18.4 Å². The van der Waals surface area contributed by atoms with Crippen LogP contribution in [-0.4, -0.2) is 37.5 Å². The standard InChI is InChI=1S/C14H19N5O/c1-9-11(6-7-15-9)14(20)19-8-4-3-5-12(19)13-16-10(2)17-18-13/h6-7,12,15H,3-5,8H2,1-2H3,(H,16,17,18)/t12-/m1/s1. The molecule has 20 heavy (non-hydrogen) atoms. The molecule has 1 atom stereocenters. The highest BCUT2D eigenvalue weighted by molar-refractivity contribution is 5.95. The molecule has 0 spiro atoms. The van der Waals surface area contributed by atoms with Gasteiger partial charge in [0.15, 0.2) is 5.82 Å². The Kier molecular flexibility index (Phi) is 3.30. The van der Waals surface area contributed by atoms with Gasteiger partial charge in [-0.25, -0.2) is 4.98 Å². The molecule has 1 saturated heterocycles. The molecule has 0 bridgehead atoms. The summed E-state index contributed by atoms with van der Waals surface area (Å²) < 4.78 is 0. The van der Waals surface area contributed by atoms with E-state index in [-0.39, 0.29) is 11.9 Å². The lowest BCUT2D eigenvalue weighted by Crippen LogP contribution is -2.39. The summed E-state index contributed by atoms with van der Waals surface area (Å²) in [4.78, 5) is 22.1. The minimum absolute atomic E-state index is 0.0181. The first-order valence-electron chi connectivity index (χ1n) is 7.00. The molecule has 6 heteroatoms. The predicted octanol–water partition coefficient (Wildman–Crippen LogP) is 2.12. The van der Waals surface area contributed by atoms with E-state index in [0.29, 0.717) is 0 Å². The highest BCUT2D eigenvalue weighted by Crippen LogP contribution is 2.30. The summed E-state index contributed by atoms with van der Waals surface area (Å²) in [5.74, 6) is 1.58. The predicted molar refractivity (Wildman–Crippen MR) is 74.3 cm³/mol. The second kappa shape index (κ2) is 5.11. The van der Waals surface area contributed by atoms with E-state index >= 15 is 0 Å². The largest absolute Gasteiger partial charge is 0.365 e. The molecule has 0 saturated carbocycles. The Labute approximate surface area is 117 Å². The Morgan fingerprint density at radius 1 is 1.40 bits per heavy atom. The maximum atomic E-state index is 12.7. The molecule has 0 radical (unpaired) electrons. The molecule has 3 rings (SSSR count). The summed E-state index contributed by atoms with van der Waals surface area (Å²) in [5, 5.41) is 7.10. The van der Waals surface area contributed by atoms with Crippen molar-refractivity contribution in [3.05, 3.63) is 35.2 Å². The molecule has 2 aromatic rings. The van der Waals surface area contributed by atoms with E-state index in [1.807, 2.05) is 24.8 Å². The van der Waals surface area contributed by atoms with E-state index in [9.17, 15) is 4.79 Å². The minimum atomic E-state index is -0.0181. The third kappa shape index (κ3) is 2.21. The Hall–Kier alpha value is -2.11. The van der Waals surface area contributed by atoms with Gasteiger partial charge in [-0.15, -0.1) is 0 Å². The van der Waals surface area contributed by atoms with E-state index in [4.69, 9.17) is 0 Å². The summed E-state index contributed by atoms with van der Waals surface area (Å²) in [7, 11) is 0. The first-order valence-corrected chi connectivity index (χ1v) is 7.00. The molecule has 1 amide bonds. The third-order valence-corrected chi connectivity index (χ3v) is 3.86. The molecule has 1 aliphatic heterocycles. The van der Waals surface area contributed by atoms with Crippen molar-refractivity contribution in [2.24, 2.45) is 0 Å². The number of carbonyl (C=O) groups excluding carboxylic acids is 1. The molecule has 6 nitrogen and oxygen atoms in total. The summed E-state index contributed by atoms with van der Waals surface area (Å²) in [6.45, 7) is 4.56. The van der Waals surface area contributed by atoms with Crippen molar-refractivity contribution >= 4 is 5.91 Å². The van der Waals surface area contributed by atoms with Crippen LogP contribution < -0.4 is 0 Å². The quantitative estimate of drug-likeness (QED) is 0.879. The number of nitrogens with zero attached hydrogens (tertiary/aromatic N) is 3. The van der Waals surface area contributed by atoms with Gasteiger partial charge in [0.2, 0.25) is 0 Å². The van der Waals surface area contributed by atoms with Gasteiger partial charge in [-0.3, -0.25) is 9.89 Å². The first kappa shape index (κ1) is 12.9. The van der Waals surface area contributed by atoms with Crippen LogP contribution in [0.15, 0.2) is 12.3 Å². The average Bonchev–Trinajstić information content (AvgIpc) is 3.07. The number of nitrogens with one attached hydrogen (secondary N) is 2. The topological polar surface area (TPSA) is 77.7 Å². The van der Waals surface area contributed by atoms with Gasteiger partial charge < -0.3 is 9.88 Å². The second-order valence-electron chi connectivity index (χ2n) is 5.31. The number of H-pyrrole nitrogens is 2. The highest BCUT2D eigenvalue weighted by Gasteiger charge is 2.31. The SMILES string of the molecule is Cc1nc([C@H]2CCCCN2C(=O)c2cc[nH]c2C)n[nH]1. The van der Waals surface area contributed by atoms with E-state index in [1.54, 1.807) is 6.20 Å². The van der Waals surface area contributed by atoms with Gasteiger partial charge in [0.05, 0.1) is 11.6 Å². The van der Waals surface area contributed by atoms with Crippen LogP contribution in [0.3, 0.4) is 0 Å². The molecule has 3 heterocycles. The van der Waals surface area contributed by atoms with Crippen molar-refractivity contribution in [1.29, 1.82) is 0 Å². The Balaban J connectivity index is 1.89. The smallest absolute Gasteiger partial charge is 0.256 e. The van der Waals surface area contributed by atoms with Crippen molar-refractivity contribution in [1.82, 2.24) is 25.1 Å². The average molecular weight is 273 g/mol. The molecule has 0 aromatic carbocycles. The lowest BCUT2D eigenvalue weighted by Gasteiger charge is -2.34. The molecular weight excluding hydrogens is 254 g/mol. The summed E-state index contributed by atoms with van der Waals surface area (Å²) in [6, 6.07) is 1.82. The number of aryl methyl sites for hydroxylation is 2. The normalized spacial score (nSPS) is 19.3. The van der Waals surface area contributed by atoms with E-state index in [1.165, 1.54) is 0 Å². The van der Waals surface area contributed by atoms with Gasteiger partial charge in [-0.05, 0) is 39.2 Å². The van der Waals surface area contributed by atoms with E-state index in [0.717, 1.165) is 48.7 Å². The summed E-state index contributed by atoms with van der Waals surface area (Å²) in [6.07, 6.45) is 4.87. The number of likely N-dealkylation sites (tertiary alicyclic amines) is 1. The number of amides is 1. The van der Waals surface area contributed by atoms with Crippen LogP contribution in [0.1, 0.15) is 53.0 Å². The van der Waals surface area contributed by atoms with Crippen LogP contribution in [0, 0.1) is 13.8 Å². The fourth-order valence-corrected chi connectivity index (χ4v) is 2.79. The van der Waals surface area contributed by atoms with E-state index < -0.39 is 0 Å². The number of hydrogen-bond acceptors (Lipinski definition) is 3. The lowest BCUT2D eigenvalue weighted by atomic mass is 10.0. The van der Waals surface area contributed by atoms with Crippen molar-refractivity contribution in [2.45, 2.75) is 39.2 Å². The zero-order valence-corrected chi connectivity index (χ0v) is 11.8. The van der Waals surface area contributed by atoms with Crippen LogP contribution >= 0.6 is 0 Å². The number of aromatic amines is 2. The van der Waals surface area contributed by atoms with Crippen molar-refractivity contribution in [3.63, 3.8) is 0 Å². The fraction of sp³-hybridized carbons (Fsp3) is 0.500. The highest BCUT2D eigenvalue weighted by atomic mass is 16.2. The molecule has 0 unspecified atom stereocenters. The van der Waals surface area contributed by atoms with Gasteiger partial charge in [0.1, 0.15) is 5.82 Å². The van der Waals surface area contributed by atoms with Crippen molar-refractivity contribution in [3.8, 4) is 0 Å². The third-order valence-electron chi connectivity index (χ3n) is 3.86. The number of aromatic nitrogens is 4. The zero-order valence-electron chi connectivity index (χ0n) is 11.8. The molecule has 1 fully saturated rings. The van der Waals surface area contributed by atoms with Crippen LogP contribution in [0.25, 0.3) is 0 Å². The molecule has 1 aliphatic rings. The van der Waals surface area contributed by atoms with Gasteiger partial charge in [0.25, 0.3) is 5.91 Å². The maximum Gasteiger partial charge on any atom is 0.256 e. The number of hydrogen-bond donors (Lipinski definition) is 2. The van der Waals surface area contributed by atoms with Crippen LogP contribution in [-0.2, 0) is 0 Å². The Bertz CT molecular complexity index is 615. The van der Waals surface area contributed by atoms with Crippen LogP contribution in [0.2, 0.25) is 0 Å². The molecule has 2 aromatic heterocycles.